The van der Waals surface area contributed by atoms with Gasteiger partial charge in [0.2, 0.25) is 0 Å². The van der Waals surface area contributed by atoms with E-state index in [9.17, 15) is 9.59 Å². The number of nitrogens with one attached hydrogen (secondary N) is 2. The van der Waals surface area contributed by atoms with E-state index in [-0.39, 0.29) is 17.2 Å². The Kier molecular flexibility index (Phi) is 4.28. The molecule has 0 saturated carbocycles. The molecule has 0 aliphatic rings. The maximum atomic E-state index is 11.9. The van der Waals surface area contributed by atoms with Crippen molar-refractivity contribution in [3.8, 4) is 0 Å². The molecule has 3 rings (SSSR count). The van der Waals surface area contributed by atoms with Crippen LogP contribution in [-0.4, -0.2) is 25.9 Å². The number of H-pyrrole nitrogens is 1. The van der Waals surface area contributed by atoms with Crippen molar-refractivity contribution in [3.05, 3.63) is 82.0 Å². The average molecular weight is 309 g/mol. The fourth-order valence-corrected chi connectivity index (χ4v) is 2.10. The van der Waals surface area contributed by atoms with Crippen LogP contribution in [0, 0.1) is 0 Å². The molecule has 0 radical (unpaired) electrons. The summed E-state index contributed by atoms with van der Waals surface area (Å²) >= 11 is 0. The molecule has 1 aromatic carbocycles. The van der Waals surface area contributed by atoms with Crippen LogP contribution in [0.4, 0.5) is 0 Å². The van der Waals surface area contributed by atoms with Gasteiger partial charge in [-0.25, -0.2) is 5.10 Å². The Labute approximate surface area is 132 Å². The number of aromatic amines is 1. The summed E-state index contributed by atoms with van der Waals surface area (Å²) in [6, 6.07) is 12.6. The van der Waals surface area contributed by atoms with E-state index in [1.807, 2.05) is 41.2 Å². The van der Waals surface area contributed by atoms with Gasteiger partial charge in [-0.05, 0) is 11.6 Å². The predicted octanol–water partition coefficient (Wildman–Crippen LogP) is 0.945. The van der Waals surface area contributed by atoms with E-state index in [0.29, 0.717) is 13.1 Å². The molecular weight excluding hydrogens is 294 g/mol. The third kappa shape index (κ3) is 3.91. The van der Waals surface area contributed by atoms with E-state index in [2.05, 4.69) is 20.6 Å². The standard InChI is InChI=1S/C16H15N5O2/c22-15-7-6-14(19-20-15)16(23)17-8-13-9-18-21(11-13)10-12-4-2-1-3-5-12/h1-7,9,11H,8,10H2,(H,17,23)(H,20,22). The van der Waals surface area contributed by atoms with Crippen molar-refractivity contribution in [3.63, 3.8) is 0 Å². The molecule has 0 bridgehead atoms. The number of amides is 1. The molecule has 7 nitrogen and oxygen atoms in total. The number of benzene rings is 1. The Morgan fingerprint density at radius 2 is 1.96 bits per heavy atom. The molecule has 2 heterocycles. The first kappa shape index (κ1) is 14.7. The number of carbonyl (C=O) groups excluding carboxylic acids is 1. The Morgan fingerprint density at radius 1 is 1.13 bits per heavy atom. The second-order valence-electron chi connectivity index (χ2n) is 5.02. The highest BCUT2D eigenvalue weighted by atomic mass is 16.2. The highest BCUT2D eigenvalue weighted by Gasteiger charge is 2.07. The van der Waals surface area contributed by atoms with E-state index in [1.54, 1.807) is 6.20 Å². The minimum absolute atomic E-state index is 0.168. The molecule has 116 valence electrons. The van der Waals surface area contributed by atoms with Crippen LogP contribution in [0.25, 0.3) is 0 Å². The lowest BCUT2D eigenvalue weighted by molar-refractivity contribution is 0.0945. The molecule has 1 amide bonds. The van der Waals surface area contributed by atoms with Crippen molar-refractivity contribution in [2.75, 3.05) is 0 Å². The smallest absolute Gasteiger partial charge is 0.271 e. The van der Waals surface area contributed by atoms with E-state index in [0.717, 1.165) is 11.1 Å². The van der Waals surface area contributed by atoms with Gasteiger partial charge in [0.15, 0.2) is 0 Å². The minimum Gasteiger partial charge on any atom is -0.346 e. The quantitative estimate of drug-likeness (QED) is 0.734. The van der Waals surface area contributed by atoms with Crippen LogP contribution in [0.3, 0.4) is 0 Å². The van der Waals surface area contributed by atoms with Crippen LogP contribution >= 0.6 is 0 Å². The fraction of sp³-hybridized carbons (Fsp3) is 0.125. The molecule has 2 N–H and O–H groups in total. The molecule has 2 aromatic heterocycles. The summed E-state index contributed by atoms with van der Waals surface area (Å²) < 4.78 is 1.81. The van der Waals surface area contributed by atoms with Gasteiger partial charge in [0.1, 0.15) is 5.69 Å². The van der Waals surface area contributed by atoms with Crippen LogP contribution in [0.5, 0.6) is 0 Å². The van der Waals surface area contributed by atoms with Gasteiger partial charge in [-0.2, -0.15) is 10.2 Å². The Balaban J connectivity index is 1.58. The Morgan fingerprint density at radius 3 is 2.70 bits per heavy atom. The van der Waals surface area contributed by atoms with Crippen molar-refractivity contribution in [1.29, 1.82) is 0 Å². The molecule has 0 aliphatic carbocycles. The second kappa shape index (κ2) is 6.69. The van der Waals surface area contributed by atoms with Crippen molar-refractivity contribution in [2.45, 2.75) is 13.1 Å². The van der Waals surface area contributed by atoms with Crippen molar-refractivity contribution in [1.82, 2.24) is 25.3 Å². The lowest BCUT2D eigenvalue weighted by Gasteiger charge is -2.02. The molecule has 23 heavy (non-hydrogen) atoms. The molecule has 0 aliphatic heterocycles. The van der Waals surface area contributed by atoms with Crippen molar-refractivity contribution >= 4 is 5.91 Å². The van der Waals surface area contributed by atoms with Crippen LogP contribution in [0.15, 0.2) is 59.7 Å². The van der Waals surface area contributed by atoms with Gasteiger partial charge >= 0.3 is 0 Å². The number of nitrogens with zero attached hydrogens (tertiary/aromatic N) is 3. The number of rotatable bonds is 5. The summed E-state index contributed by atoms with van der Waals surface area (Å²) in [6.07, 6.45) is 3.59. The monoisotopic (exact) mass is 309 g/mol. The predicted molar refractivity (Wildman–Crippen MR) is 83.8 cm³/mol. The number of hydrogen-bond donors (Lipinski definition) is 2. The molecule has 3 aromatic rings. The average Bonchev–Trinajstić information content (AvgIpc) is 3.02. The van der Waals surface area contributed by atoms with Crippen molar-refractivity contribution in [2.24, 2.45) is 0 Å². The summed E-state index contributed by atoms with van der Waals surface area (Å²) in [7, 11) is 0. The number of aromatic nitrogens is 4. The van der Waals surface area contributed by atoms with E-state index in [4.69, 9.17) is 0 Å². The maximum absolute atomic E-state index is 11.9. The van der Waals surface area contributed by atoms with Gasteiger partial charge in [0, 0.05) is 24.4 Å². The molecule has 0 fully saturated rings. The highest BCUT2D eigenvalue weighted by molar-refractivity contribution is 5.91. The first-order chi connectivity index (χ1) is 11.2. The molecule has 7 heteroatoms. The molecule has 0 unspecified atom stereocenters. The first-order valence-corrected chi connectivity index (χ1v) is 7.10. The number of carbonyl (C=O) groups is 1. The van der Waals surface area contributed by atoms with Crippen LogP contribution in [0.1, 0.15) is 21.6 Å². The normalized spacial score (nSPS) is 10.4. The van der Waals surface area contributed by atoms with E-state index < -0.39 is 0 Å². The second-order valence-corrected chi connectivity index (χ2v) is 5.02. The lowest BCUT2D eigenvalue weighted by atomic mass is 10.2. The van der Waals surface area contributed by atoms with Crippen LogP contribution in [0.2, 0.25) is 0 Å². The van der Waals surface area contributed by atoms with Gasteiger partial charge in [0.25, 0.3) is 11.5 Å². The zero-order valence-electron chi connectivity index (χ0n) is 12.3. The summed E-state index contributed by atoms with van der Waals surface area (Å²) in [4.78, 5) is 22.8. The van der Waals surface area contributed by atoms with Gasteiger partial charge in [-0.15, -0.1) is 0 Å². The Bertz CT molecular complexity index is 834. The van der Waals surface area contributed by atoms with Gasteiger partial charge in [0.05, 0.1) is 12.7 Å². The van der Waals surface area contributed by atoms with Crippen LogP contribution in [-0.2, 0) is 13.1 Å². The van der Waals surface area contributed by atoms with Gasteiger partial charge < -0.3 is 5.32 Å². The lowest BCUT2D eigenvalue weighted by Crippen LogP contribution is -2.25. The van der Waals surface area contributed by atoms with Crippen molar-refractivity contribution < 1.29 is 4.79 Å². The van der Waals surface area contributed by atoms with E-state index >= 15 is 0 Å². The fourth-order valence-electron chi connectivity index (χ4n) is 2.10. The Hall–Kier alpha value is -3.22. The highest BCUT2D eigenvalue weighted by Crippen LogP contribution is 2.04. The largest absolute Gasteiger partial charge is 0.346 e. The SMILES string of the molecule is O=C(NCc1cnn(Cc2ccccc2)c1)c1ccc(=O)[nH]n1. The molecule has 0 saturated heterocycles. The van der Waals surface area contributed by atoms with Crippen LogP contribution < -0.4 is 10.9 Å². The van der Waals surface area contributed by atoms with Gasteiger partial charge in [-0.1, -0.05) is 30.3 Å². The maximum Gasteiger partial charge on any atom is 0.271 e. The zero-order chi connectivity index (χ0) is 16.1. The summed E-state index contributed by atoms with van der Waals surface area (Å²) in [5.41, 5.74) is 1.87. The summed E-state index contributed by atoms with van der Waals surface area (Å²) in [5, 5.41) is 12.9. The summed E-state index contributed by atoms with van der Waals surface area (Å²) in [5.74, 6) is -0.350. The third-order valence-electron chi connectivity index (χ3n) is 3.24. The molecule has 0 atom stereocenters. The molecule has 0 spiro atoms. The number of hydrogen-bond acceptors (Lipinski definition) is 4. The zero-order valence-corrected chi connectivity index (χ0v) is 12.3. The molecular formula is C16H15N5O2. The summed E-state index contributed by atoms with van der Waals surface area (Å²) in [6.45, 7) is 1.02. The van der Waals surface area contributed by atoms with E-state index in [1.165, 1.54) is 12.1 Å². The third-order valence-corrected chi connectivity index (χ3v) is 3.24. The van der Waals surface area contributed by atoms with Gasteiger partial charge in [-0.3, -0.25) is 14.3 Å². The minimum atomic E-state index is -0.350. The topological polar surface area (TPSA) is 92.7 Å². The first-order valence-electron chi connectivity index (χ1n) is 7.10.